The van der Waals surface area contributed by atoms with Crippen LogP contribution in [0.25, 0.3) is 0 Å². The molecule has 2 heterocycles. The number of carboxylic acid groups (broad SMARTS) is 1. The summed E-state index contributed by atoms with van der Waals surface area (Å²) in [6.07, 6.45) is 0. The number of rotatable bonds is 3. The maximum Gasteiger partial charge on any atom is 0.315 e. The molecule has 110 valence electrons. The van der Waals surface area contributed by atoms with Gasteiger partial charge in [-0.3, -0.25) is 9.59 Å². The van der Waals surface area contributed by atoms with Gasteiger partial charge in [0.2, 0.25) is 5.91 Å². The summed E-state index contributed by atoms with van der Waals surface area (Å²) in [5.41, 5.74) is -1.19. The lowest BCUT2D eigenvalue weighted by Gasteiger charge is -2.41. The van der Waals surface area contributed by atoms with Crippen molar-refractivity contribution >= 4 is 28.3 Å². The number of nitrogens with one attached hydrogen (secondary N) is 1. The van der Waals surface area contributed by atoms with Crippen molar-refractivity contribution in [3.05, 3.63) is 11.1 Å². The highest BCUT2D eigenvalue weighted by Crippen LogP contribution is 2.33. The lowest BCUT2D eigenvalue weighted by Crippen LogP contribution is -2.62. The molecule has 1 amide bonds. The third-order valence-electron chi connectivity index (χ3n) is 3.75. The average Bonchev–Trinajstić information content (AvgIpc) is 2.82. The Morgan fingerprint density at radius 1 is 1.55 bits per heavy atom. The van der Waals surface area contributed by atoms with Gasteiger partial charge < -0.3 is 15.3 Å². The molecule has 0 spiro atoms. The van der Waals surface area contributed by atoms with Crippen LogP contribution in [0.4, 0.5) is 5.13 Å². The Bertz CT molecular complexity index is 551. The predicted molar refractivity (Wildman–Crippen MR) is 77.2 cm³/mol. The normalized spacial score (nSPS) is 18.8. The van der Waals surface area contributed by atoms with Gasteiger partial charge in [-0.05, 0) is 27.7 Å². The topological polar surface area (TPSA) is 82.5 Å². The van der Waals surface area contributed by atoms with Gasteiger partial charge in [0.15, 0.2) is 5.13 Å². The molecule has 2 rings (SSSR count). The summed E-state index contributed by atoms with van der Waals surface area (Å²) in [5, 5.41) is 14.5. The van der Waals surface area contributed by atoms with Crippen LogP contribution in [0.1, 0.15) is 33.4 Å². The second kappa shape index (κ2) is 4.73. The Morgan fingerprint density at radius 2 is 2.20 bits per heavy atom. The quantitative estimate of drug-likeness (QED) is 0.876. The van der Waals surface area contributed by atoms with E-state index in [0.29, 0.717) is 23.9 Å². The number of carboxylic acids is 1. The van der Waals surface area contributed by atoms with Crippen molar-refractivity contribution in [1.29, 1.82) is 0 Å². The molecule has 0 aliphatic carbocycles. The second-order valence-electron chi connectivity index (χ2n) is 5.91. The molecule has 0 atom stereocenters. The van der Waals surface area contributed by atoms with E-state index in [1.54, 1.807) is 19.2 Å². The molecule has 1 fully saturated rings. The molecule has 0 radical (unpaired) electrons. The Morgan fingerprint density at radius 3 is 2.80 bits per heavy atom. The first-order valence-corrected chi connectivity index (χ1v) is 7.30. The number of hydrogen-bond donors (Lipinski definition) is 2. The van der Waals surface area contributed by atoms with E-state index in [9.17, 15) is 14.7 Å². The molecule has 0 unspecified atom stereocenters. The molecule has 1 aromatic rings. The molecule has 2 N–H and O–H groups in total. The molecule has 0 saturated carbocycles. The zero-order chi connectivity index (χ0) is 15.1. The Kier molecular flexibility index (Phi) is 3.49. The van der Waals surface area contributed by atoms with Gasteiger partial charge in [0.25, 0.3) is 0 Å². The van der Waals surface area contributed by atoms with E-state index in [-0.39, 0.29) is 5.91 Å². The fourth-order valence-corrected chi connectivity index (χ4v) is 3.18. The number of amides is 1. The summed E-state index contributed by atoms with van der Waals surface area (Å²) >= 11 is 1.38. The fraction of sp³-hybridized carbons (Fsp3) is 0.615. The first kappa shape index (κ1) is 14.8. The molecule has 0 aromatic carbocycles. The SMILES string of the molecule is CC(C)(C(=O)O)c1csc(N2CCNC(=O)C2(C)C)n1. The summed E-state index contributed by atoms with van der Waals surface area (Å²) in [7, 11) is 0. The summed E-state index contributed by atoms with van der Waals surface area (Å²) in [5.74, 6) is -0.956. The fourth-order valence-electron chi connectivity index (χ4n) is 2.02. The molecule has 6 nitrogen and oxygen atoms in total. The van der Waals surface area contributed by atoms with E-state index in [1.165, 1.54) is 11.3 Å². The smallest absolute Gasteiger partial charge is 0.315 e. The van der Waals surface area contributed by atoms with E-state index in [4.69, 9.17) is 0 Å². The third kappa shape index (κ3) is 2.26. The minimum Gasteiger partial charge on any atom is -0.481 e. The monoisotopic (exact) mass is 297 g/mol. The molecule has 7 heteroatoms. The van der Waals surface area contributed by atoms with Crippen molar-refractivity contribution in [2.24, 2.45) is 0 Å². The lowest BCUT2D eigenvalue weighted by atomic mass is 9.90. The van der Waals surface area contributed by atoms with Gasteiger partial charge >= 0.3 is 5.97 Å². The van der Waals surface area contributed by atoms with Gasteiger partial charge in [-0.1, -0.05) is 0 Å². The largest absolute Gasteiger partial charge is 0.481 e. The van der Waals surface area contributed by atoms with Crippen LogP contribution in [-0.4, -0.2) is 40.6 Å². The molecular weight excluding hydrogens is 278 g/mol. The van der Waals surface area contributed by atoms with Crippen LogP contribution in [0.15, 0.2) is 5.38 Å². The van der Waals surface area contributed by atoms with Crippen LogP contribution < -0.4 is 10.2 Å². The van der Waals surface area contributed by atoms with Crippen LogP contribution in [0, 0.1) is 0 Å². The van der Waals surface area contributed by atoms with Crippen LogP contribution in [0.5, 0.6) is 0 Å². The van der Waals surface area contributed by atoms with E-state index < -0.39 is 16.9 Å². The van der Waals surface area contributed by atoms with Crippen molar-refractivity contribution < 1.29 is 14.7 Å². The van der Waals surface area contributed by atoms with Gasteiger partial charge in [0.05, 0.1) is 5.69 Å². The highest BCUT2D eigenvalue weighted by atomic mass is 32.1. The van der Waals surface area contributed by atoms with Gasteiger partial charge in [-0.15, -0.1) is 11.3 Å². The van der Waals surface area contributed by atoms with E-state index >= 15 is 0 Å². The number of aromatic nitrogens is 1. The number of piperazine rings is 1. The lowest BCUT2D eigenvalue weighted by molar-refractivity contribution is -0.142. The van der Waals surface area contributed by atoms with Gasteiger partial charge in [-0.25, -0.2) is 4.98 Å². The maximum atomic E-state index is 11.9. The summed E-state index contributed by atoms with van der Waals surface area (Å²) in [6, 6.07) is 0. The van der Waals surface area contributed by atoms with Gasteiger partial charge in [0, 0.05) is 18.5 Å². The minimum absolute atomic E-state index is 0.0435. The maximum absolute atomic E-state index is 11.9. The minimum atomic E-state index is -1.03. The molecule has 1 aliphatic rings. The molecule has 1 saturated heterocycles. The summed E-state index contributed by atoms with van der Waals surface area (Å²) in [4.78, 5) is 29.6. The molecular formula is C13H19N3O3S. The number of thiazole rings is 1. The molecule has 1 aliphatic heterocycles. The molecule has 0 bridgehead atoms. The summed E-state index contributed by atoms with van der Waals surface area (Å²) < 4.78 is 0. The number of carbonyl (C=O) groups is 2. The molecule has 1 aromatic heterocycles. The van der Waals surface area contributed by atoms with Crippen molar-refractivity contribution in [3.63, 3.8) is 0 Å². The highest BCUT2D eigenvalue weighted by Gasteiger charge is 2.40. The summed E-state index contributed by atoms with van der Waals surface area (Å²) in [6.45, 7) is 8.17. The van der Waals surface area contributed by atoms with Crippen LogP contribution in [0.3, 0.4) is 0 Å². The van der Waals surface area contributed by atoms with Crippen molar-refractivity contribution in [3.8, 4) is 0 Å². The van der Waals surface area contributed by atoms with Crippen molar-refractivity contribution in [2.45, 2.75) is 38.6 Å². The van der Waals surface area contributed by atoms with Crippen molar-refractivity contribution in [2.75, 3.05) is 18.0 Å². The second-order valence-corrected chi connectivity index (χ2v) is 6.75. The van der Waals surface area contributed by atoms with E-state index in [0.717, 1.165) is 0 Å². The number of nitrogens with zero attached hydrogens (tertiary/aromatic N) is 2. The van der Waals surface area contributed by atoms with Gasteiger partial charge in [0.1, 0.15) is 11.0 Å². The first-order valence-electron chi connectivity index (χ1n) is 6.42. The Balaban J connectivity index is 2.34. The Hall–Kier alpha value is -1.63. The van der Waals surface area contributed by atoms with Gasteiger partial charge in [-0.2, -0.15) is 0 Å². The van der Waals surface area contributed by atoms with E-state index in [1.807, 2.05) is 18.7 Å². The Labute approximate surface area is 121 Å². The van der Waals surface area contributed by atoms with Crippen LogP contribution in [0.2, 0.25) is 0 Å². The zero-order valence-corrected chi connectivity index (χ0v) is 12.9. The standard InChI is InChI=1S/C13H19N3O3S/c1-12(2,10(18)19)8-7-20-11(15-8)16-6-5-14-9(17)13(16,3)4/h7H,5-6H2,1-4H3,(H,14,17)(H,18,19). The van der Waals surface area contributed by atoms with Crippen molar-refractivity contribution in [1.82, 2.24) is 10.3 Å². The number of hydrogen-bond acceptors (Lipinski definition) is 5. The molecule has 20 heavy (non-hydrogen) atoms. The zero-order valence-electron chi connectivity index (χ0n) is 12.1. The number of anilines is 1. The van der Waals surface area contributed by atoms with Crippen LogP contribution in [-0.2, 0) is 15.0 Å². The van der Waals surface area contributed by atoms with Crippen LogP contribution >= 0.6 is 11.3 Å². The number of aliphatic carboxylic acids is 1. The van der Waals surface area contributed by atoms with E-state index in [2.05, 4.69) is 10.3 Å². The third-order valence-corrected chi connectivity index (χ3v) is 4.61. The first-order chi connectivity index (χ1) is 9.17. The highest BCUT2D eigenvalue weighted by molar-refractivity contribution is 7.13. The predicted octanol–water partition coefficient (Wildman–Crippen LogP) is 1.22. The number of carbonyl (C=O) groups excluding carboxylic acids is 1. The average molecular weight is 297 g/mol.